The molecule has 2 aromatic rings. The molecule has 0 saturated carbocycles. The van der Waals surface area contributed by atoms with Gasteiger partial charge in [0.15, 0.2) is 0 Å². The average Bonchev–Trinajstić information content (AvgIpc) is 3.11. The van der Waals surface area contributed by atoms with Crippen molar-refractivity contribution in [2.24, 2.45) is 0 Å². The van der Waals surface area contributed by atoms with Crippen LogP contribution >= 0.6 is 32.9 Å². The van der Waals surface area contributed by atoms with E-state index in [-0.39, 0.29) is 0 Å². The van der Waals surface area contributed by atoms with Crippen molar-refractivity contribution in [2.45, 2.75) is 64.8 Å². The molecule has 1 fully saturated rings. The SMILES string of the molecule is CCCCCCCCCc1c(-c2ccc(O)c(CN3CCN(C)CC3)c2)ssc1=S. The molecule has 30 heavy (non-hydrogen) atoms. The number of phenols is 1. The van der Waals surface area contributed by atoms with Gasteiger partial charge in [0, 0.05) is 38.3 Å². The van der Waals surface area contributed by atoms with Gasteiger partial charge in [-0.05, 0) is 49.2 Å². The number of piperazine rings is 1. The van der Waals surface area contributed by atoms with Crippen LogP contribution in [0.15, 0.2) is 18.2 Å². The van der Waals surface area contributed by atoms with E-state index >= 15 is 0 Å². The van der Waals surface area contributed by atoms with Crippen LogP contribution in [-0.2, 0) is 13.0 Å². The maximum Gasteiger partial charge on any atom is 0.120 e. The molecule has 1 N–H and O–H groups in total. The molecule has 2 heterocycles. The van der Waals surface area contributed by atoms with Crippen LogP contribution < -0.4 is 0 Å². The molecule has 1 aromatic carbocycles. The number of rotatable bonds is 11. The van der Waals surface area contributed by atoms with Gasteiger partial charge in [0.05, 0.1) is 4.88 Å². The van der Waals surface area contributed by atoms with Crippen LogP contribution in [-0.4, -0.2) is 48.1 Å². The van der Waals surface area contributed by atoms with Crippen LogP contribution in [0.4, 0.5) is 0 Å². The molecule has 1 aromatic heterocycles. The van der Waals surface area contributed by atoms with Crippen LogP contribution in [0.1, 0.15) is 63.0 Å². The fraction of sp³-hybridized carbons (Fsp3) is 0.625. The summed E-state index contributed by atoms with van der Waals surface area (Å²) >= 11 is 5.68. The summed E-state index contributed by atoms with van der Waals surface area (Å²) in [5, 5.41) is 10.4. The number of likely N-dealkylation sites (N-methyl/N-ethyl adjacent to an activating group) is 1. The van der Waals surface area contributed by atoms with E-state index in [1.807, 2.05) is 6.07 Å². The standard InChI is InChI=1S/C24H36N2OS3/c1-3-4-5-6-7-8-9-10-21-23(29-30-24(21)28)19-11-12-22(27)20(17-19)18-26-15-13-25(2)14-16-26/h11-12,17,27H,3-10,13-16,18H2,1-2H3. The molecule has 1 aliphatic heterocycles. The third kappa shape index (κ3) is 6.86. The third-order valence-corrected chi connectivity index (χ3v) is 9.28. The Bertz CT molecular complexity index is 837. The van der Waals surface area contributed by atoms with Crippen LogP contribution in [0, 0.1) is 3.82 Å². The minimum absolute atomic E-state index is 0.408. The second-order valence-electron chi connectivity index (χ2n) is 8.56. The average molecular weight is 465 g/mol. The van der Waals surface area contributed by atoms with Crippen molar-refractivity contribution in [3.8, 4) is 16.2 Å². The highest BCUT2D eigenvalue weighted by Gasteiger charge is 2.17. The monoisotopic (exact) mass is 464 g/mol. The molecule has 6 heteroatoms. The maximum absolute atomic E-state index is 10.4. The first-order valence-corrected chi connectivity index (χ1v) is 14.0. The third-order valence-electron chi connectivity index (χ3n) is 6.08. The number of benzene rings is 1. The molecule has 3 nitrogen and oxygen atoms in total. The molecule has 0 amide bonds. The summed E-state index contributed by atoms with van der Waals surface area (Å²) in [5.74, 6) is 0.408. The van der Waals surface area contributed by atoms with Gasteiger partial charge < -0.3 is 10.0 Å². The molecule has 166 valence electrons. The van der Waals surface area contributed by atoms with Gasteiger partial charge in [-0.15, -0.1) is 0 Å². The highest BCUT2D eigenvalue weighted by molar-refractivity contribution is 7.80. The zero-order valence-corrected chi connectivity index (χ0v) is 20.9. The van der Waals surface area contributed by atoms with E-state index in [0.29, 0.717) is 5.75 Å². The van der Waals surface area contributed by atoms with Crippen molar-refractivity contribution in [3.05, 3.63) is 33.1 Å². The van der Waals surface area contributed by atoms with Crippen molar-refractivity contribution < 1.29 is 5.11 Å². The Morgan fingerprint density at radius 3 is 2.40 bits per heavy atom. The lowest BCUT2D eigenvalue weighted by atomic mass is 10.0. The summed E-state index contributed by atoms with van der Waals surface area (Å²) in [4.78, 5) is 6.12. The summed E-state index contributed by atoms with van der Waals surface area (Å²) < 4.78 is 1.05. The lowest BCUT2D eigenvalue weighted by Crippen LogP contribution is -2.43. The van der Waals surface area contributed by atoms with Gasteiger partial charge in [0.2, 0.25) is 0 Å². The highest BCUT2D eigenvalue weighted by atomic mass is 32.9. The van der Waals surface area contributed by atoms with Crippen LogP contribution in [0.25, 0.3) is 10.4 Å². The van der Waals surface area contributed by atoms with E-state index in [9.17, 15) is 5.11 Å². The first-order valence-electron chi connectivity index (χ1n) is 11.4. The minimum atomic E-state index is 0.408. The largest absolute Gasteiger partial charge is 0.508 e. The molecular weight excluding hydrogens is 428 g/mol. The fourth-order valence-corrected chi connectivity index (χ4v) is 7.07. The van der Waals surface area contributed by atoms with Gasteiger partial charge >= 0.3 is 0 Å². The Kier molecular flexibility index (Phi) is 9.78. The number of nitrogens with zero attached hydrogens (tertiary/aromatic N) is 2. The van der Waals surface area contributed by atoms with Crippen molar-refractivity contribution in [1.29, 1.82) is 0 Å². The van der Waals surface area contributed by atoms with Gasteiger partial charge in [-0.3, -0.25) is 4.90 Å². The molecule has 0 aliphatic carbocycles. The van der Waals surface area contributed by atoms with E-state index in [4.69, 9.17) is 12.2 Å². The molecular formula is C24H36N2OS3. The zero-order chi connectivity index (χ0) is 21.3. The van der Waals surface area contributed by atoms with Gasteiger partial charge in [-0.1, -0.05) is 78.3 Å². The van der Waals surface area contributed by atoms with E-state index in [0.717, 1.165) is 48.5 Å². The summed E-state index contributed by atoms with van der Waals surface area (Å²) in [5.41, 5.74) is 3.60. The first-order chi connectivity index (χ1) is 14.6. The van der Waals surface area contributed by atoms with Crippen molar-refractivity contribution >= 4 is 32.9 Å². The quantitative estimate of drug-likeness (QED) is 0.221. The lowest BCUT2D eigenvalue weighted by Gasteiger charge is -2.32. The Labute approximate surface area is 194 Å². The van der Waals surface area contributed by atoms with Crippen molar-refractivity contribution in [2.75, 3.05) is 33.2 Å². The molecule has 1 saturated heterocycles. The number of unbranched alkanes of at least 4 members (excludes halogenated alkanes) is 6. The van der Waals surface area contributed by atoms with Gasteiger partial charge in [-0.25, -0.2) is 0 Å². The second kappa shape index (κ2) is 12.3. The summed E-state index contributed by atoms with van der Waals surface area (Å²) in [6.45, 7) is 7.38. The Morgan fingerprint density at radius 1 is 0.967 bits per heavy atom. The minimum Gasteiger partial charge on any atom is -0.508 e. The second-order valence-corrected chi connectivity index (χ2v) is 11.4. The molecule has 3 rings (SSSR count). The molecule has 1 aliphatic rings. The van der Waals surface area contributed by atoms with Crippen LogP contribution in [0.2, 0.25) is 0 Å². The van der Waals surface area contributed by atoms with E-state index in [2.05, 4.69) is 35.9 Å². The molecule has 0 atom stereocenters. The van der Waals surface area contributed by atoms with Crippen molar-refractivity contribution in [3.63, 3.8) is 0 Å². The van der Waals surface area contributed by atoms with Gasteiger partial charge in [0.1, 0.15) is 9.57 Å². The van der Waals surface area contributed by atoms with E-state index < -0.39 is 0 Å². The zero-order valence-electron chi connectivity index (χ0n) is 18.5. The summed E-state index contributed by atoms with van der Waals surface area (Å²) in [6.07, 6.45) is 10.3. The first kappa shape index (κ1) is 23.9. The summed E-state index contributed by atoms with van der Waals surface area (Å²) in [6, 6.07) is 6.12. The van der Waals surface area contributed by atoms with E-state index in [1.165, 1.54) is 60.9 Å². The highest BCUT2D eigenvalue weighted by Crippen LogP contribution is 2.37. The Hall–Kier alpha value is -0.790. The lowest BCUT2D eigenvalue weighted by molar-refractivity contribution is 0.147. The Balaban J connectivity index is 1.63. The fourth-order valence-electron chi connectivity index (χ4n) is 4.07. The molecule has 0 bridgehead atoms. The normalized spacial score (nSPS) is 15.7. The number of hydrogen-bond acceptors (Lipinski definition) is 6. The van der Waals surface area contributed by atoms with Crippen LogP contribution in [0.3, 0.4) is 0 Å². The predicted octanol–water partition coefficient (Wildman–Crippen LogP) is 6.95. The summed E-state index contributed by atoms with van der Waals surface area (Å²) in [7, 11) is 5.70. The number of aromatic hydroxyl groups is 1. The molecule has 0 spiro atoms. The molecule has 0 radical (unpaired) electrons. The maximum atomic E-state index is 10.4. The molecule has 0 unspecified atom stereocenters. The smallest absolute Gasteiger partial charge is 0.120 e. The van der Waals surface area contributed by atoms with Crippen LogP contribution in [0.5, 0.6) is 5.75 Å². The number of phenolic OH excluding ortho intramolecular Hbond substituents is 1. The van der Waals surface area contributed by atoms with Gasteiger partial charge in [-0.2, -0.15) is 0 Å². The van der Waals surface area contributed by atoms with Crippen molar-refractivity contribution in [1.82, 2.24) is 9.80 Å². The number of hydrogen-bond donors (Lipinski definition) is 1. The van der Waals surface area contributed by atoms with Gasteiger partial charge in [0.25, 0.3) is 0 Å². The topological polar surface area (TPSA) is 26.7 Å². The predicted molar refractivity (Wildman–Crippen MR) is 135 cm³/mol. The van der Waals surface area contributed by atoms with E-state index in [1.54, 1.807) is 20.7 Å². The Morgan fingerprint density at radius 2 is 1.67 bits per heavy atom.